The van der Waals surface area contributed by atoms with E-state index in [0.29, 0.717) is 36.3 Å². The Morgan fingerprint density at radius 3 is 2.04 bits per heavy atom. The SMILES string of the molecule is O=C(O)CCCCOc1ccc(C[C@@](NC(=O)NCC(F)(F)F)(c2ccc(F)cc2)c2cc(F)cc(OC(F)(F)C(F)F)c2)cc1. The van der Waals surface area contributed by atoms with Crippen LogP contribution in [0, 0.1) is 11.6 Å². The molecule has 3 rings (SSSR count). The average molecular weight is 667 g/mol. The van der Waals surface area contributed by atoms with E-state index in [9.17, 15) is 49.1 Å². The van der Waals surface area contributed by atoms with Crippen LogP contribution in [0.4, 0.5) is 44.3 Å². The van der Waals surface area contributed by atoms with Crippen LogP contribution >= 0.6 is 0 Å². The number of hydrogen-bond donors (Lipinski definition) is 3. The van der Waals surface area contributed by atoms with Gasteiger partial charge in [-0.05, 0) is 65.9 Å². The van der Waals surface area contributed by atoms with Crippen molar-refractivity contribution in [3.8, 4) is 11.5 Å². The highest BCUT2D eigenvalue weighted by Crippen LogP contribution is 2.38. The molecule has 0 fully saturated rings. The van der Waals surface area contributed by atoms with Crippen LogP contribution in [0.3, 0.4) is 0 Å². The van der Waals surface area contributed by atoms with Crippen LogP contribution in [-0.2, 0) is 16.8 Å². The monoisotopic (exact) mass is 666 g/mol. The van der Waals surface area contributed by atoms with Gasteiger partial charge in [-0.3, -0.25) is 4.79 Å². The van der Waals surface area contributed by atoms with E-state index in [0.717, 1.165) is 30.3 Å². The highest BCUT2D eigenvalue weighted by molar-refractivity contribution is 5.76. The molecule has 2 amide bonds. The fraction of sp³-hybridized carbons (Fsp3) is 0.333. The van der Waals surface area contributed by atoms with Crippen molar-refractivity contribution >= 4 is 12.0 Å². The number of nitrogens with one attached hydrogen (secondary N) is 2. The summed E-state index contributed by atoms with van der Waals surface area (Å²) in [5, 5.41) is 12.6. The van der Waals surface area contributed by atoms with E-state index >= 15 is 0 Å². The van der Waals surface area contributed by atoms with Gasteiger partial charge in [-0.15, -0.1) is 0 Å². The van der Waals surface area contributed by atoms with Crippen LogP contribution in [0.5, 0.6) is 11.5 Å². The van der Waals surface area contributed by atoms with Crippen LogP contribution in [0.2, 0.25) is 0 Å². The zero-order valence-electron chi connectivity index (χ0n) is 23.7. The number of rotatable bonds is 15. The molecule has 0 saturated carbocycles. The quantitative estimate of drug-likeness (QED) is 0.118. The molecular weight excluding hydrogens is 639 g/mol. The number of urea groups is 1. The number of halogens is 9. The predicted molar refractivity (Wildman–Crippen MR) is 145 cm³/mol. The van der Waals surface area contributed by atoms with Gasteiger partial charge < -0.3 is 25.2 Å². The first-order chi connectivity index (χ1) is 21.5. The third-order valence-electron chi connectivity index (χ3n) is 6.43. The van der Waals surface area contributed by atoms with Gasteiger partial charge in [0.15, 0.2) is 0 Å². The third-order valence-corrected chi connectivity index (χ3v) is 6.43. The number of ether oxygens (including phenoxy) is 2. The molecule has 0 saturated heterocycles. The molecule has 3 aromatic carbocycles. The summed E-state index contributed by atoms with van der Waals surface area (Å²) in [5.41, 5.74) is -2.32. The summed E-state index contributed by atoms with van der Waals surface area (Å²) in [4.78, 5) is 23.5. The van der Waals surface area contributed by atoms with Crippen molar-refractivity contribution in [1.29, 1.82) is 0 Å². The van der Waals surface area contributed by atoms with Crippen molar-refractivity contribution in [2.24, 2.45) is 0 Å². The summed E-state index contributed by atoms with van der Waals surface area (Å²) in [5.74, 6) is -3.81. The number of amides is 2. The maximum Gasteiger partial charge on any atom is 0.461 e. The lowest BCUT2D eigenvalue weighted by Gasteiger charge is -2.37. The molecular formula is C30H27F9N2O5. The topological polar surface area (TPSA) is 96.9 Å². The first-order valence-corrected chi connectivity index (χ1v) is 13.5. The Morgan fingerprint density at radius 2 is 1.46 bits per heavy atom. The van der Waals surface area contributed by atoms with E-state index in [2.05, 4.69) is 10.1 Å². The number of carbonyl (C=O) groups excluding carboxylic acids is 1. The highest BCUT2D eigenvalue weighted by atomic mass is 19.4. The van der Waals surface area contributed by atoms with E-state index in [1.165, 1.54) is 24.3 Å². The molecule has 0 aromatic heterocycles. The first kappa shape index (κ1) is 35.8. The van der Waals surface area contributed by atoms with Gasteiger partial charge in [0.1, 0.15) is 29.7 Å². The Bertz CT molecular complexity index is 1470. The smallest absolute Gasteiger partial charge is 0.461 e. The van der Waals surface area contributed by atoms with Gasteiger partial charge >= 0.3 is 30.7 Å². The number of carboxylic acids is 1. The molecule has 250 valence electrons. The molecule has 0 aliphatic heterocycles. The zero-order valence-corrected chi connectivity index (χ0v) is 23.7. The summed E-state index contributed by atoms with van der Waals surface area (Å²) >= 11 is 0. The van der Waals surface area contributed by atoms with E-state index in [1.54, 1.807) is 5.32 Å². The lowest BCUT2D eigenvalue weighted by molar-refractivity contribution is -0.253. The molecule has 0 heterocycles. The highest BCUT2D eigenvalue weighted by Gasteiger charge is 2.45. The molecule has 16 heteroatoms. The number of aliphatic carboxylic acids is 1. The molecule has 0 bridgehead atoms. The predicted octanol–water partition coefficient (Wildman–Crippen LogP) is 7.18. The van der Waals surface area contributed by atoms with Crippen LogP contribution in [0.15, 0.2) is 66.7 Å². The summed E-state index contributed by atoms with van der Waals surface area (Å²) in [6.45, 7) is -1.63. The second kappa shape index (κ2) is 15.1. The Labute approximate surface area is 256 Å². The third kappa shape index (κ3) is 10.5. The van der Waals surface area contributed by atoms with Crippen molar-refractivity contribution in [3.63, 3.8) is 0 Å². The minimum Gasteiger partial charge on any atom is -0.494 e. The normalized spacial score (nSPS) is 13.2. The number of alkyl halides is 7. The maximum atomic E-state index is 14.9. The lowest BCUT2D eigenvalue weighted by atomic mass is 9.77. The van der Waals surface area contributed by atoms with Gasteiger partial charge in [0.05, 0.1) is 12.1 Å². The zero-order chi connectivity index (χ0) is 34.1. The molecule has 3 N–H and O–H groups in total. The largest absolute Gasteiger partial charge is 0.494 e. The summed E-state index contributed by atoms with van der Waals surface area (Å²) < 4.78 is 130. The molecule has 0 unspecified atom stereocenters. The molecule has 3 aromatic rings. The van der Waals surface area contributed by atoms with E-state index in [-0.39, 0.29) is 18.6 Å². The number of carboxylic acid groups (broad SMARTS) is 1. The van der Waals surface area contributed by atoms with Crippen LogP contribution < -0.4 is 20.1 Å². The summed E-state index contributed by atoms with van der Waals surface area (Å²) in [7, 11) is 0. The maximum absolute atomic E-state index is 14.9. The standard InChI is InChI=1S/C30H27F9N2O5/c31-21-8-6-19(7-9-21)28(41-27(44)40-17-29(35,36)37,20-13-22(32)15-24(14-20)46-30(38,39)26(33)34)16-18-4-10-23(11-5-18)45-12-2-1-3-25(42)43/h4-11,13-15,26H,1-3,12,16-17H2,(H,42,43)(H2,40,41,44)/t28-/m1/s1. The van der Waals surface area contributed by atoms with Gasteiger partial charge in [0.25, 0.3) is 0 Å². The molecule has 1 atom stereocenters. The van der Waals surface area contributed by atoms with Crippen molar-refractivity contribution in [2.45, 2.75) is 49.9 Å². The number of hydrogen-bond acceptors (Lipinski definition) is 4. The Hall–Kier alpha value is -4.63. The number of benzene rings is 3. The van der Waals surface area contributed by atoms with Gasteiger partial charge in [0.2, 0.25) is 0 Å². The van der Waals surface area contributed by atoms with Gasteiger partial charge in [-0.25, -0.2) is 13.6 Å². The average Bonchev–Trinajstić information content (AvgIpc) is 2.95. The van der Waals surface area contributed by atoms with Crippen molar-refractivity contribution in [1.82, 2.24) is 10.6 Å². The minimum absolute atomic E-state index is 0.0517. The number of carbonyl (C=O) groups is 2. The van der Waals surface area contributed by atoms with Crippen LogP contribution in [-0.4, -0.2) is 49.0 Å². The van der Waals surface area contributed by atoms with Crippen LogP contribution in [0.1, 0.15) is 36.0 Å². The fourth-order valence-corrected chi connectivity index (χ4v) is 4.36. The molecule has 46 heavy (non-hydrogen) atoms. The second-order valence-electron chi connectivity index (χ2n) is 10.00. The van der Waals surface area contributed by atoms with E-state index in [1.807, 2.05) is 0 Å². The van der Waals surface area contributed by atoms with Crippen molar-refractivity contribution < 1.29 is 63.7 Å². The first-order valence-electron chi connectivity index (χ1n) is 13.5. The van der Waals surface area contributed by atoms with Gasteiger partial charge in [-0.1, -0.05) is 24.3 Å². The van der Waals surface area contributed by atoms with E-state index in [4.69, 9.17) is 9.84 Å². The Morgan fingerprint density at radius 1 is 0.804 bits per heavy atom. The molecule has 0 spiro atoms. The summed E-state index contributed by atoms with van der Waals surface area (Å²) in [6, 6.07) is 10.2. The van der Waals surface area contributed by atoms with Crippen LogP contribution in [0.25, 0.3) is 0 Å². The molecule has 0 aliphatic rings. The van der Waals surface area contributed by atoms with E-state index < -0.39 is 72.2 Å². The molecule has 0 radical (unpaired) electrons. The lowest BCUT2D eigenvalue weighted by Crippen LogP contribution is -2.53. The molecule has 7 nitrogen and oxygen atoms in total. The van der Waals surface area contributed by atoms with Gasteiger partial charge in [0, 0.05) is 18.9 Å². The van der Waals surface area contributed by atoms with Crippen molar-refractivity contribution in [2.75, 3.05) is 13.2 Å². The Balaban J connectivity index is 2.09. The Kier molecular flexibility index (Phi) is 11.8. The fourth-order valence-electron chi connectivity index (χ4n) is 4.36. The minimum atomic E-state index is -5.06. The van der Waals surface area contributed by atoms with Crippen molar-refractivity contribution in [3.05, 3.63) is 95.1 Å². The summed E-state index contributed by atoms with van der Waals surface area (Å²) in [6.07, 6.45) is -13.9. The second-order valence-corrected chi connectivity index (χ2v) is 10.00. The van der Waals surface area contributed by atoms with Gasteiger partial charge in [-0.2, -0.15) is 30.7 Å². The number of unbranched alkanes of at least 4 members (excludes halogenated alkanes) is 1. The molecule has 0 aliphatic carbocycles.